The molecule has 1 rings (SSSR count). The summed E-state index contributed by atoms with van der Waals surface area (Å²) in [6.45, 7) is 0.125. The average molecular weight is 250 g/mol. The third kappa shape index (κ3) is 5.34. The fraction of sp³-hybridized carbons (Fsp3) is 0.385. The molecule has 1 amide bonds. The van der Waals surface area contributed by atoms with E-state index in [0.29, 0.717) is 18.5 Å². The number of benzene rings is 1. The molecule has 0 atom stereocenters. The minimum Gasteiger partial charge on any atom is -0.465 e. The highest BCUT2D eigenvalue weighted by molar-refractivity contribution is 5.76. The predicted octanol–water partition coefficient (Wildman–Crippen LogP) is 0.881. The van der Waals surface area contributed by atoms with Crippen molar-refractivity contribution in [2.75, 3.05) is 19.4 Å². The molecule has 3 N–H and O–H groups in total. The van der Waals surface area contributed by atoms with E-state index in [4.69, 9.17) is 10.5 Å². The van der Waals surface area contributed by atoms with Gasteiger partial charge in [-0.2, -0.15) is 0 Å². The van der Waals surface area contributed by atoms with Crippen LogP contribution >= 0.6 is 0 Å². The Morgan fingerprint density at radius 3 is 2.50 bits per heavy atom. The van der Waals surface area contributed by atoms with Gasteiger partial charge in [-0.1, -0.05) is 12.1 Å². The highest BCUT2D eigenvalue weighted by Gasteiger charge is 2.05. The van der Waals surface area contributed by atoms with Crippen LogP contribution in [0.15, 0.2) is 24.3 Å². The zero-order valence-electron chi connectivity index (χ0n) is 10.4. The number of hydrogen-bond donors (Lipinski definition) is 2. The Morgan fingerprint density at radius 2 is 1.89 bits per heavy atom. The number of nitrogens with two attached hydrogens (primary N) is 1. The van der Waals surface area contributed by atoms with Gasteiger partial charge in [0.15, 0.2) is 0 Å². The molecule has 0 saturated carbocycles. The summed E-state index contributed by atoms with van der Waals surface area (Å²) in [5.41, 5.74) is 7.30. The molecule has 5 nitrogen and oxygen atoms in total. The van der Waals surface area contributed by atoms with E-state index in [9.17, 15) is 9.59 Å². The lowest BCUT2D eigenvalue weighted by atomic mass is 10.1. The lowest BCUT2D eigenvalue weighted by Crippen LogP contribution is -2.20. The number of hydrogen-bond acceptors (Lipinski definition) is 4. The molecule has 1 aromatic rings. The quantitative estimate of drug-likeness (QED) is 0.580. The van der Waals surface area contributed by atoms with Crippen LogP contribution in [0.4, 0.5) is 5.69 Å². The highest BCUT2D eigenvalue weighted by Crippen LogP contribution is 2.08. The van der Waals surface area contributed by atoms with E-state index >= 15 is 0 Å². The Balaban J connectivity index is 2.21. The van der Waals surface area contributed by atoms with Gasteiger partial charge in [-0.05, 0) is 24.1 Å². The normalized spacial score (nSPS) is 9.83. The maximum absolute atomic E-state index is 11.4. The maximum atomic E-state index is 11.4. The van der Waals surface area contributed by atoms with E-state index in [-0.39, 0.29) is 24.9 Å². The number of rotatable bonds is 6. The van der Waals surface area contributed by atoms with Crippen molar-refractivity contribution in [3.63, 3.8) is 0 Å². The summed E-state index contributed by atoms with van der Waals surface area (Å²) in [4.78, 5) is 22.3. The minimum absolute atomic E-state index is 0.125. The van der Waals surface area contributed by atoms with Crippen molar-refractivity contribution in [3.8, 4) is 0 Å². The molecule has 0 aliphatic rings. The fourth-order valence-corrected chi connectivity index (χ4v) is 1.39. The van der Waals surface area contributed by atoms with Crippen LogP contribution in [0.25, 0.3) is 0 Å². The van der Waals surface area contributed by atoms with Gasteiger partial charge in [0.05, 0.1) is 6.42 Å². The lowest BCUT2D eigenvalue weighted by Gasteiger charge is -2.04. The molecule has 1 aromatic carbocycles. The molecule has 18 heavy (non-hydrogen) atoms. The van der Waals surface area contributed by atoms with Gasteiger partial charge >= 0.3 is 5.97 Å². The van der Waals surface area contributed by atoms with Crippen LogP contribution in [0, 0.1) is 0 Å². The highest BCUT2D eigenvalue weighted by atomic mass is 16.5. The van der Waals surface area contributed by atoms with Gasteiger partial charge in [0, 0.05) is 19.2 Å². The first kappa shape index (κ1) is 14.0. The Hall–Kier alpha value is -2.04. The van der Waals surface area contributed by atoms with E-state index in [0.717, 1.165) is 5.56 Å². The molecule has 0 saturated heterocycles. The van der Waals surface area contributed by atoms with Crippen molar-refractivity contribution in [2.45, 2.75) is 19.3 Å². The molecule has 0 aromatic heterocycles. The summed E-state index contributed by atoms with van der Waals surface area (Å²) in [5, 5.41) is 2.46. The van der Waals surface area contributed by atoms with Gasteiger partial charge in [-0.25, -0.2) is 0 Å². The Morgan fingerprint density at radius 1 is 1.22 bits per heavy atom. The molecule has 0 unspecified atom stereocenters. The topological polar surface area (TPSA) is 81.4 Å². The standard InChI is InChI=1S/C13H18N2O3/c1-15-12(16)8-9-18-13(17)7-4-10-2-5-11(14)6-3-10/h2-3,5-6H,4,7-9,14H2,1H3,(H,15,16). The SMILES string of the molecule is CNC(=O)CCOC(=O)CCc1ccc(N)cc1. The second-order valence-corrected chi connectivity index (χ2v) is 3.89. The van der Waals surface area contributed by atoms with Crippen LogP contribution < -0.4 is 11.1 Å². The van der Waals surface area contributed by atoms with Crippen molar-refractivity contribution in [1.82, 2.24) is 5.32 Å². The van der Waals surface area contributed by atoms with Crippen LogP contribution in [0.1, 0.15) is 18.4 Å². The van der Waals surface area contributed by atoms with Crippen LogP contribution in [-0.4, -0.2) is 25.5 Å². The van der Waals surface area contributed by atoms with E-state index in [1.165, 1.54) is 0 Å². The second-order valence-electron chi connectivity index (χ2n) is 3.89. The zero-order valence-corrected chi connectivity index (χ0v) is 10.4. The maximum Gasteiger partial charge on any atom is 0.306 e. The molecule has 0 heterocycles. The number of nitrogens with one attached hydrogen (secondary N) is 1. The molecule has 0 spiro atoms. The summed E-state index contributed by atoms with van der Waals surface area (Å²) in [6.07, 6.45) is 1.11. The van der Waals surface area contributed by atoms with Crippen molar-refractivity contribution >= 4 is 17.6 Å². The Kier molecular flexibility index (Phi) is 5.70. The summed E-state index contributed by atoms with van der Waals surface area (Å²) in [5.74, 6) is -0.433. The van der Waals surface area contributed by atoms with Crippen molar-refractivity contribution in [2.24, 2.45) is 0 Å². The largest absolute Gasteiger partial charge is 0.465 e. The predicted molar refractivity (Wildman–Crippen MR) is 68.8 cm³/mol. The first-order valence-corrected chi connectivity index (χ1v) is 5.82. The molecule has 5 heteroatoms. The summed E-state index contributed by atoms with van der Waals surface area (Å²) < 4.78 is 4.94. The molecule has 0 aliphatic heterocycles. The number of carbonyl (C=O) groups excluding carboxylic acids is 2. The van der Waals surface area contributed by atoms with Gasteiger partial charge in [0.25, 0.3) is 0 Å². The number of esters is 1. The first-order chi connectivity index (χ1) is 8.61. The third-order valence-electron chi connectivity index (χ3n) is 2.47. The minimum atomic E-state index is -0.296. The van der Waals surface area contributed by atoms with Crippen LogP contribution in [0.2, 0.25) is 0 Å². The monoisotopic (exact) mass is 250 g/mol. The number of aryl methyl sites for hydroxylation is 1. The first-order valence-electron chi connectivity index (χ1n) is 5.82. The van der Waals surface area contributed by atoms with E-state index in [1.54, 1.807) is 19.2 Å². The molecule has 98 valence electrons. The third-order valence-corrected chi connectivity index (χ3v) is 2.47. The summed E-state index contributed by atoms with van der Waals surface area (Å²) >= 11 is 0. The van der Waals surface area contributed by atoms with E-state index < -0.39 is 0 Å². The molecule has 0 aliphatic carbocycles. The smallest absolute Gasteiger partial charge is 0.306 e. The number of amides is 1. The fourth-order valence-electron chi connectivity index (χ4n) is 1.39. The lowest BCUT2D eigenvalue weighted by molar-refractivity contribution is -0.144. The molecular formula is C13H18N2O3. The van der Waals surface area contributed by atoms with Crippen LogP contribution in [0.5, 0.6) is 0 Å². The van der Waals surface area contributed by atoms with Crippen LogP contribution in [-0.2, 0) is 20.7 Å². The van der Waals surface area contributed by atoms with Crippen molar-refractivity contribution in [1.29, 1.82) is 0 Å². The summed E-state index contributed by atoms with van der Waals surface area (Å²) in [6, 6.07) is 7.36. The number of ether oxygens (including phenoxy) is 1. The van der Waals surface area contributed by atoms with Gasteiger partial charge in [-0.3, -0.25) is 9.59 Å². The molecule has 0 bridgehead atoms. The Bertz CT molecular complexity index is 401. The second kappa shape index (κ2) is 7.32. The molecule has 0 radical (unpaired) electrons. The van der Waals surface area contributed by atoms with Crippen molar-refractivity contribution in [3.05, 3.63) is 29.8 Å². The van der Waals surface area contributed by atoms with Gasteiger partial charge < -0.3 is 15.8 Å². The number of anilines is 1. The van der Waals surface area contributed by atoms with Gasteiger partial charge in [-0.15, -0.1) is 0 Å². The summed E-state index contributed by atoms with van der Waals surface area (Å²) in [7, 11) is 1.55. The zero-order chi connectivity index (χ0) is 13.4. The Labute approximate surface area is 106 Å². The van der Waals surface area contributed by atoms with Crippen LogP contribution in [0.3, 0.4) is 0 Å². The van der Waals surface area contributed by atoms with E-state index in [1.807, 2.05) is 12.1 Å². The van der Waals surface area contributed by atoms with Gasteiger partial charge in [0.1, 0.15) is 6.61 Å². The molecule has 0 fully saturated rings. The number of nitrogen functional groups attached to an aromatic ring is 1. The molecular weight excluding hydrogens is 232 g/mol. The van der Waals surface area contributed by atoms with Crippen molar-refractivity contribution < 1.29 is 14.3 Å². The van der Waals surface area contributed by atoms with Gasteiger partial charge in [0.2, 0.25) is 5.91 Å². The van der Waals surface area contributed by atoms with E-state index in [2.05, 4.69) is 5.32 Å². The number of carbonyl (C=O) groups is 2. The average Bonchev–Trinajstić information content (AvgIpc) is 2.38.